The van der Waals surface area contributed by atoms with Gasteiger partial charge in [0.1, 0.15) is 18.1 Å². The Morgan fingerprint density at radius 3 is 2.21 bits per heavy atom. The minimum atomic E-state index is -4.40. The van der Waals surface area contributed by atoms with Crippen LogP contribution in [0.1, 0.15) is 49.1 Å². The molecule has 0 bridgehead atoms. The van der Waals surface area contributed by atoms with Crippen molar-refractivity contribution in [1.29, 1.82) is 0 Å². The van der Waals surface area contributed by atoms with Crippen LogP contribution in [0, 0.1) is 5.82 Å². The van der Waals surface area contributed by atoms with Crippen molar-refractivity contribution >= 4 is 17.7 Å². The largest absolute Gasteiger partial charge is 0.416 e. The lowest BCUT2D eigenvalue weighted by atomic mass is 10.0. The van der Waals surface area contributed by atoms with E-state index >= 15 is 0 Å². The van der Waals surface area contributed by atoms with Crippen LogP contribution >= 0.6 is 11.8 Å². The number of aryl methyl sites for hydroxylation is 1. The molecule has 1 aromatic heterocycles. The maximum absolute atomic E-state index is 14.0. The lowest BCUT2D eigenvalue weighted by Crippen LogP contribution is -2.44. The third-order valence-electron chi connectivity index (χ3n) is 8.37. The molecule has 4 aromatic rings. The van der Waals surface area contributed by atoms with Crippen molar-refractivity contribution in [3.63, 3.8) is 0 Å². The van der Waals surface area contributed by atoms with Gasteiger partial charge in [-0.25, -0.2) is 9.07 Å². The highest BCUT2D eigenvalue weighted by Gasteiger charge is 2.30. The number of nitrogens with zero attached hydrogens (tertiary/aromatic N) is 5. The number of alkyl halides is 3. The van der Waals surface area contributed by atoms with Crippen LogP contribution in [-0.2, 0) is 36.2 Å². The Kier molecular flexibility index (Phi) is 11.1. The summed E-state index contributed by atoms with van der Waals surface area (Å²) >= 11 is 1.26. The smallest absolute Gasteiger partial charge is 0.335 e. The summed E-state index contributed by atoms with van der Waals surface area (Å²) in [5, 5.41) is 4.82. The van der Waals surface area contributed by atoms with E-state index in [1.54, 1.807) is 12.1 Å². The number of likely N-dealkylation sites (N-methyl/N-ethyl adjacent to an activating group) is 1. The van der Waals surface area contributed by atoms with Gasteiger partial charge in [-0.2, -0.15) is 23.3 Å². The number of hydrogen-bond acceptors (Lipinski definition) is 6. The molecule has 0 N–H and O–H groups in total. The Hall–Kier alpha value is -4.03. The summed E-state index contributed by atoms with van der Waals surface area (Å²) < 4.78 is 54.0. The Labute approximate surface area is 275 Å². The van der Waals surface area contributed by atoms with Crippen LogP contribution in [0.15, 0.2) is 82.7 Å². The third kappa shape index (κ3) is 8.86. The summed E-state index contributed by atoms with van der Waals surface area (Å²) in [4.78, 5) is 35.1. The molecular formula is C35H37F4N5O2S. The Morgan fingerprint density at radius 2 is 1.60 bits per heavy atom. The standard InChI is InChI=1S/C35H37F4N5O2S/c1-3-31-33(46)40-34(47-23-25-9-17-29(36)18-10-25)44(41-31)22-32(45)43(21-30-6-5-19-42(30)4-2)20-24-7-11-26(12-8-24)27-13-15-28(16-14-27)35(37,38)39/h7-18,30H,3-6,19-23H2,1-2H3. The quantitative estimate of drug-likeness (QED) is 0.122. The van der Waals surface area contributed by atoms with E-state index in [1.165, 1.54) is 40.7 Å². The molecule has 248 valence electrons. The molecule has 47 heavy (non-hydrogen) atoms. The second kappa shape index (κ2) is 15.2. The van der Waals surface area contributed by atoms with E-state index in [1.807, 2.05) is 36.1 Å². The third-order valence-corrected chi connectivity index (χ3v) is 9.41. The normalized spacial score (nSPS) is 15.2. The maximum atomic E-state index is 14.0. The van der Waals surface area contributed by atoms with Gasteiger partial charge < -0.3 is 4.90 Å². The van der Waals surface area contributed by atoms with Gasteiger partial charge in [-0.1, -0.05) is 74.1 Å². The molecule has 1 saturated heterocycles. The number of halogens is 4. The van der Waals surface area contributed by atoms with Crippen LogP contribution in [0.4, 0.5) is 17.6 Å². The van der Waals surface area contributed by atoms with E-state index in [-0.39, 0.29) is 30.0 Å². The molecule has 1 atom stereocenters. The van der Waals surface area contributed by atoms with Crippen LogP contribution in [0.5, 0.6) is 0 Å². The molecule has 5 rings (SSSR count). The summed E-state index contributed by atoms with van der Waals surface area (Å²) in [5.41, 5.74) is 2.28. The van der Waals surface area contributed by atoms with E-state index < -0.39 is 17.3 Å². The number of hydrogen-bond donors (Lipinski definition) is 0. The molecule has 3 aromatic carbocycles. The van der Waals surface area contributed by atoms with Gasteiger partial charge in [0.2, 0.25) is 5.91 Å². The van der Waals surface area contributed by atoms with E-state index in [2.05, 4.69) is 21.9 Å². The molecule has 0 saturated carbocycles. The number of aromatic nitrogens is 3. The van der Waals surface area contributed by atoms with Gasteiger partial charge in [0.15, 0.2) is 5.16 Å². The highest BCUT2D eigenvalue weighted by molar-refractivity contribution is 7.98. The molecule has 7 nitrogen and oxygen atoms in total. The van der Waals surface area contributed by atoms with Gasteiger partial charge in [-0.3, -0.25) is 14.5 Å². The molecule has 1 amide bonds. The highest BCUT2D eigenvalue weighted by Crippen LogP contribution is 2.31. The summed E-state index contributed by atoms with van der Waals surface area (Å²) in [5.74, 6) is -0.105. The van der Waals surface area contributed by atoms with Crippen molar-refractivity contribution in [3.8, 4) is 11.1 Å². The second-order valence-corrected chi connectivity index (χ2v) is 12.5. The van der Waals surface area contributed by atoms with Crippen molar-refractivity contribution in [2.75, 3.05) is 19.6 Å². The van der Waals surface area contributed by atoms with Crippen LogP contribution < -0.4 is 5.56 Å². The summed E-state index contributed by atoms with van der Waals surface area (Å²) in [6, 6.07) is 18.8. The number of benzene rings is 3. The van der Waals surface area contributed by atoms with E-state index in [4.69, 9.17) is 0 Å². The van der Waals surface area contributed by atoms with Crippen molar-refractivity contribution in [1.82, 2.24) is 24.6 Å². The monoisotopic (exact) mass is 667 g/mol. The topological polar surface area (TPSA) is 71.3 Å². The zero-order valence-corrected chi connectivity index (χ0v) is 27.2. The van der Waals surface area contributed by atoms with E-state index in [0.717, 1.165) is 54.8 Å². The number of rotatable bonds is 12. The first-order chi connectivity index (χ1) is 22.5. The fraction of sp³-hybridized carbons (Fsp3) is 0.371. The van der Waals surface area contributed by atoms with E-state index in [9.17, 15) is 27.2 Å². The molecule has 0 radical (unpaired) electrons. The van der Waals surface area contributed by atoms with Crippen molar-refractivity contribution in [2.45, 2.75) is 69.3 Å². The highest BCUT2D eigenvalue weighted by atomic mass is 32.2. The number of thioether (sulfide) groups is 1. The minimum absolute atomic E-state index is 0.117. The molecule has 0 aliphatic carbocycles. The molecule has 2 heterocycles. The average Bonchev–Trinajstić information content (AvgIpc) is 3.52. The second-order valence-electron chi connectivity index (χ2n) is 11.5. The van der Waals surface area contributed by atoms with Crippen molar-refractivity contribution in [3.05, 3.63) is 111 Å². The van der Waals surface area contributed by atoms with Gasteiger partial charge in [0.05, 0.1) is 5.56 Å². The molecule has 0 spiro atoms. The lowest BCUT2D eigenvalue weighted by molar-refractivity contribution is -0.137. The maximum Gasteiger partial charge on any atom is 0.416 e. The first-order valence-corrected chi connectivity index (χ1v) is 16.7. The predicted molar refractivity (Wildman–Crippen MR) is 174 cm³/mol. The fourth-order valence-corrected chi connectivity index (χ4v) is 6.62. The van der Waals surface area contributed by atoms with Gasteiger partial charge in [0, 0.05) is 24.9 Å². The first kappa shape index (κ1) is 34.3. The minimum Gasteiger partial charge on any atom is -0.335 e. The zero-order valence-electron chi connectivity index (χ0n) is 26.3. The van der Waals surface area contributed by atoms with Crippen LogP contribution in [0.3, 0.4) is 0 Å². The number of amides is 1. The molecule has 1 aliphatic heterocycles. The molecule has 1 fully saturated rings. The molecule has 1 unspecified atom stereocenters. The SMILES string of the molecule is CCc1nn(CC(=O)N(Cc2ccc(-c3ccc(C(F)(F)F)cc3)cc2)CC2CCCN2CC)c(SCc2ccc(F)cc2)nc1=O. The summed E-state index contributed by atoms with van der Waals surface area (Å²) in [6.07, 6.45) is -2.00. The fourth-order valence-electron chi connectivity index (χ4n) is 5.73. The summed E-state index contributed by atoms with van der Waals surface area (Å²) in [7, 11) is 0. The average molecular weight is 668 g/mol. The van der Waals surface area contributed by atoms with E-state index in [0.29, 0.717) is 36.0 Å². The van der Waals surface area contributed by atoms with Gasteiger partial charge in [-0.05, 0) is 78.9 Å². The Bertz CT molecular complexity index is 1710. The lowest BCUT2D eigenvalue weighted by Gasteiger charge is -2.31. The van der Waals surface area contributed by atoms with Crippen molar-refractivity contribution in [2.24, 2.45) is 0 Å². The van der Waals surface area contributed by atoms with Crippen LogP contribution in [0.25, 0.3) is 11.1 Å². The molecular weight excluding hydrogens is 630 g/mol. The number of likely N-dealkylation sites (tertiary alicyclic amines) is 1. The van der Waals surface area contributed by atoms with Crippen LogP contribution in [-0.4, -0.2) is 56.1 Å². The molecule has 1 aliphatic rings. The Morgan fingerprint density at radius 1 is 0.957 bits per heavy atom. The Balaban J connectivity index is 1.37. The van der Waals surface area contributed by atoms with Gasteiger partial charge in [0.25, 0.3) is 5.56 Å². The predicted octanol–water partition coefficient (Wildman–Crippen LogP) is 6.83. The van der Waals surface area contributed by atoms with Gasteiger partial charge in [-0.15, -0.1) is 0 Å². The van der Waals surface area contributed by atoms with Crippen LogP contribution in [0.2, 0.25) is 0 Å². The number of carbonyl (C=O) groups is 1. The van der Waals surface area contributed by atoms with Gasteiger partial charge >= 0.3 is 6.18 Å². The molecule has 12 heteroatoms. The van der Waals surface area contributed by atoms with Crippen molar-refractivity contribution < 1.29 is 22.4 Å². The first-order valence-electron chi connectivity index (χ1n) is 15.7. The number of carbonyl (C=O) groups excluding carboxylic acids is 1. The zero-order chi connectivity index (χ0) is 33.6. The summed E-state index contributed by atoms with van der Waals surface area (Å²) in [6.45, 7) is 6.49.